The maximum Gasteiger partial charge on any atom is 0.303 e. The first-order chi connectivity index (χ1) is 8.78. The summed E-state index contributed by atoms with van der Waals surface area (Å²) in [6.07, 6.45) is 1.48. The predicted molar refractivity (Wildman–Crippen MR) is 74.3 cm³/mol. The Morgan fingerprint density at radius 2 is 2.11 bits per heavy atom. The van der Waals surface area contributed by atoms with E-state index < -0.39 is 11.5 Å². The second-order valence-electron chi connectivity index (χ2n) is 5.21. The molecule has 0 radical (unpaired) electrons. The Kier molecular flexibility index (Phi) is 5.47. The zero-order chi connectivity index (χ0) is 14.5. The smallest absolute Gasteiger partial charge is 0.303 e. The molecule has 0 aliphatic heterocycles. The van der Waals surface area contributed by atoms with E-state index in [1.165, 1.54) is 0 Å². The Bertz CT molecular complexity index is 454. The first-order valence-electron chi connectivity index (χ1n) is 6.22. The molecule has 0 saturated heterocycles. The van der Waals surface area contributed by atoms with Crippen molar-refractivity contribution in [3.05, 3.63) is 16.1 Å². The summed E-state index contributed by atoms with van der Waals surface area (Å²) < 4.78 is 0. The maximum absolute atomic E-state index is 11.8. The highest BCUT2D eigenvalue weighted by Crippen LogP contribution is 2.13. The average Bonchev–Trinajstić information content (AvgIpc) is 2.69. The SMILES string of the molecule is Cc1csc(CCC(=O)NC(C)(C)CCC(=O)O)n1. The summed E-state index contributed by atoms with van der Waals surface area (Å²) in [6, 6.07) is 0. The molecule has 1 amide bonds. The highest BCUT2D eigenvalue weighted by Gasteiger charge is 2.21. The minimum absolute atomic E-state index is 0.0545. The molecule has 106 valence electrons. The summed E-state index contributed by atoms with van der Waals surface area (Å²) in [6.45, 7) is 5.60. The molecule has 0 aliphatic rings. The fourth-order valence-electron chi connectivity index (χ4n) is 1.66. The zero-order valence-electron chi connectivity index (χ0n) is 11.5. The van der Waals surface area contributed by atoms with E-state index in [0.29, 0.717) is 19.3 Å². The van der Waals surface area contributed by atoms with Gasteiger partial charge in [0.25, 0.3) is 0 Å². The van der Waals surface area contributed by atoms with Gasteiger partial charge in [-0.15, -0.1) is 11.3 Å². The van der Waals surface area contributed by atoms with Gasteiger partial charge in [0.15, 0.2) is 0 Å². The second-order valence-corrected chi connectivity index (χ2v) is 6.15. The number of aliphatic carboxylic acids is 1. The Hall–Kier alpha value is -1.43. The summed E-state index contributed by atoms with van der Waals surface area (Å²) in [5.74, 6) is -0.913. The van der Waals surface area contributed by atoms with E-state index in [9.17, 15) is 9.59 Å². The highest BCUT2D eigenvalue weighted by atomic mass is 32.1. The van der Waals surface area contributed by atoms with Gasteiger partial charge in [0.1, 0.15) is 0 Å². The number of carbonyl (C=O) groups excluding carboxylic acids is 1. The first kappa shape index (κ1) is 15.6. The van der Waals surface area contributed by atoms with Gasteiger partial charge in [-0.25, -0.2) is 4.98 Å². The number of nitrogens with zero attached hydrogens (tertiary/aromatic N) is 1. The number of hydrogen-bond acceptors (Lipinski definition) is 4. The summed E-state index contributed by atoms with van der Waals surface area (Å²) >= 11 is 1.55. The molecule has 1 aromatic rings. The lowest BCUT2D eigenvalue weighted by Gasteiger charge is -2.25. The standard InChI is InChI=1S/C13H20N2O3S/c1-9-8-19-11(14-9)5-4-10(16)15-13(2,3)7-6-12(17)18/h8H,4-7H2,1-3H3,(H,15,16)(H,17,18). The summed E-state index contributed by atoms with van der Waals surface area (Å²) in [7, 11) is 0. The molecule has 1 rings (SSSR count). The fraction of sp³-hybridized carbons (Fsp3) is 0.615. The summed E-state index contributed by atoms with van der Waals surface area (Å²) in [5.41, 5.74) is 0.482. The molecule has 0 atom stereocenters. The lowest BCUT2D eigenvalue weighted by Crippen LogP contribution is -2.43. The van der Waals surface area contributed by atoms with Gasteiger partial charge >= 0.3 is 5.97 Å². The van der Waals surface area contributed by atoms with Crippen LogP contribution in [0.2, 0.25) is 0 Å². The third-order valence-corrected chi connectivity index (χ3v) is 3.70. The number of amides is 1. The highest BCUT2D eigenvalue weighted by molar-refractivity contribution is 7.09. The fourth-order valence-corrected chi connectivity index (χ4v) is 2.44. The Morgan fingerprint density at radius 1 is 1.42 bits per heavy atom. The number of carboxylic acid groups (broad SMARTS) is 1. The lowest BCUT2D eigenvalue weighted by atomic mass is 9.98. The van der Waals surface area contributed by atoms with Crippen molar-refractivity contribution in [1.82, 2.24) is 10.3 Å². The molecule has 0 aliphatic carbocycles. The van der Waals surface area contributed by atoms with E-state index in [1.54, 1.807) is 11.3 Å². The molecule has 0 aromatic carbocycles. The van der Waals surface area contributed by atoms with Gasteiger partial charge in [0.2, 0.25) is 5.91 Å². The number of aromatic nitrogens is 1. The summed E-state index contributed by atoms with van der Waals surface area (Å²) in [5, 5.41) is 14.4. The molecule has 5 nitrogen and oxygen atoms in total. The van der Waals surface area contributed by atoms with E-state index in [-0.39, 0.29) is 12.3 Å². The molecule has 6 heteroatoms. The minimum atomic E-state index is -0.847. The molecule has 19 heavy (non-hydrogen) atoms. The van der Waals surface area contributed by atoms with Crippen LogP contribution in [0.3, 0.4) is 0 Å². The molecule has 1 heterocycles. The average molecular weight is 284 g/mol. The maximum atomic E-state index is 11.8. The molecule has 0 saturated carbocycles. The van der Waals surface area contributed by atoms with E-state index >= 15 is 0 Å². The van der Waals surface area contributed by atoms with Gasteiger partial charge in [0, 0.05) is 35.9 Å². The molecule has 2 N–H and O–H groups in total. The van der Waals surface area contributed by atoms with Crippen LogP contribution < -0.4 is 5.32 Å². The van der Waals surface area contributed by atoms with Crippen molar-refractivity contribution in [3.8, 4) is 0 Å². The van der Waals surface area contributed by atoms with Crippen molar-refractivity contribution in [1.29, 1.82) is 0 Å². The van der Waals surface area contributed by atoms with Crippen LogP contribution in [0.1, 0.15) is 43.8 Å². The molecule has 0 spiro atoms. The number of rotatable bonds is 7. The Labute approximate surface area is 117 Å². The Balaban J connectivity index is 2.35. The van der Waals surface area contributed by atoms with Gasteiger partial charge in [-0.1, -0.05) is 0 Å². The van der Waals surface area contributed by atoms with Gasteiger partial charge < -0.3 is 10.4 Å². The van der Waals surface area contributed by atoms with E-state index in [4.69, 9.17) is 5.11 Å². The van der Waals surface area contributed by atoms with Crippen LogP contribution in [0.4, 0.5) is 0 Å². The number of carbonyl (C=O) groups is 2. The largest absolute Gasteiger partial charge is 0.481 e. The molecule has 1 aromatic heterocycles. The Morgan fingerprint density at radius 3 is 2.63 bits per heavy atom. The van der Waals surface area contributed by atoms with E-state index in [1.807, 2.05) is 26.2 Å². The van der Waals surface area contributed by atoms with E-state index in [2.05, 4.69) is 10.3 Å². The van der Waals surface area contributed by atoms with Crippen molar-refractivity contribution in [3.63, 3.8) is 0 Å². The molecule has 0 unspecified atom stereocenters. The van der Waals surface area contributed by atoms with Crippen LogP contribution in [0.5, 0.6) is 0 Å². The monoisotopic (exact) mass is 284 g/mol. The van der Waals surface area contributed by atoms with Crippen molar-refractivity contribution >= 4 is 23.2 Å². The number of carboxylic acids is 1. The van der Waals surface area contributed by atoms with Crippen molar-refractivity contribution in [2.45, 2.75) is 52.0 Å². The van der Waals surface area contributed by atoms with Crippen molar-refractivity contribution in [2.75, 3.05) is 0 Å². The van der Waals surface area contributed by atoms with Gasteiger partial charge in [-0.05, 0) is 27.2 Å². The van der Waals surface area contributed by atoms with Crippen LogP contribution in [-0.2, 0) is 16.0 Å². The third-order valence-electron chi connectivity index (χ3n) is 2.67. The van der Waals surface area contributed by atoms with Crippen LogP contribution in [0.25, 0.3) is 0 Å². The number of thiazole rings is 1. The molecule has 0 bridgehead atoms. The van der Waals surface area contributed by atoms with Crippen LogP contribution >= 0.6 is 11.3 Å². The number of hydrogen-bond donors (Lipinski definition) is 2. The quantitative estimate of drug-likeness (QED) is 0.804. The molecular formula is C13H20N2O3S. The second kappa shape index (κ2) is 6.65. The van der Waals surface area contributed by atoms with Crippen molar-refractivity contribution in [2.24, 2.45) is 0 Å². The zero-order valence-corrected chi connectivity index (χ0v) is 12.3. The van der Waals surface area contributed by atoms with Gasteiger partial charge in [0.05, 0.1) is 5.01 Å². The topological polar surface area (TPSA) is 79.3 Å². The first-order valence-corrected chi connectivity index (χ1v) is 7.10. The van der Waals surface area contributed by atoms with Crippen molar-refractivity contribution < 1.29 is 14.7 Å². The molecule has 0 fully saturated rings. The summed E-state index contributed by atoms with van der Waals surface area (Å²) in [4.78, 5) is 26.6. The van der Waals surface area contributed by atoms with Crippen LogP contribution in [0, 0.1) is 6.92 Å². The predicted octanol–water partition coefficient (Wildman–Crippen LogP) is 2.14. The normalized spacial score (nSPS) is 11.3. The minimum Gasteiger partial charge on any atom is -0.481 e. The van der Waals surface area contributed by atoms with Crippen LogP contribution in [-0.4, -0.2) is 27.5 Å². The van der Waals surface area contributed by atoms with Gasteiger partial charge in [-0.2, -0.15) is 0 Å². The van der Waals surface area contributed by atoms with Crippen LogP contribution in [0.15, 0.2) is 5.38 Å². The number of nitrogens with one attached hydrogen (secondary N) is 1. The van der Waals surface area contributed by atoms with E-state index in [0.717, 1.165) is 10.7 Å². The lowest BCUT2D eigenvalue weighted by molar-refractivity contribution is -0.137. The third kappa shape index (κ3) is 6.33. The number of aryl methyl sites for hydroxylation is 2. The van der Waals surface area contributed by atoms with Gasteiger partial charge in [-0.3, -0.25) is 9.59 Å². The molecular weight excluding hydrogens is 264 g/mol.